The minimum Gasteiger partial charge on any atom is -0.409 e. The zero-order valence-electron chi connectivity index (χ0n) is 10.6. The lowest BCUT2D eigenvalue weighted by Crippen LogP contribution is -2.29. The molecule has 1 aliphatic rings. The molecule has 0 saturated heterocycles. The van der Waals surface area contributed by atoms with Crippen molar-refractivity contribution in [3.05, 3.63) is 12.2 Å². The second-order valence-corrected chi connectivity index (χ2v) is 7.13. The van der Waals surface area contributed by atoms with Gasteiger partial charge >= 0.3 is 0 Å². The lowest BCUT2D eigenvalue weighted by molar-refractivity contribution is 0.317. The van der Waals surface area contributed by atoms with Crippen molar-refractivity contribution in [3.63, 3.8) is 0 Å². The van der Waals surface area contributed by atoms with E-state index < -0.39 is 9.84 Å². The average molecular weight is 287 g/mol. The molecule has 2 unspecified atom stereocenters. The molecule has 0 spiro atoms. The molecule has 19 heavy (non-hydrogen) atoms. The molecule has 1 heterocycles. The highest BCUT2D eigenvalue weighted by Gasteiger charge is 2.30. The molecular weight excluding hydrogens is 270 g/mol. The summed E-state index contributed by atoms with van der Waals surface area (Å²) in [5.41, 5.74) is 5.40. The first-order valence-electron chi connectivity index (χ1n) is 5.99. The fourth-order valence-corrected chi connectivity index (χ4v) is 3.53. The number of amidine groups is 1. The third-order valence-corrected chi connectivity index (χ3v) is 5.06. The molecule has 2 rings (SSSR count). The van der Waals surface area contributed by atoms with Crippen LogP contribution in [0.25, 0.3) is 0 Å². The summed E-state index contributed by atoms with van der Waals surface area (Å²) in [6, 6.07) is -0.0128. The maximum atomic E-state index is 11.6. The highest BCUT2D eigenvalue weighted by Crippen LogP contribution is 2.31. The van der Waals surface area contributed by atoms with Gasteiger partial charge in [0, 0.05) is 6.26 Å². The number of hydrogen-bond acceptors (Lipinski definition) is 6. The van der Waals surface area contributed by atoms with Gasteiger partial charge in [-0.3, -0.25) is 0 Å². The summed E-state index contributed by atoms with van der Waals surface area (Å²) < 4.78 is 24.8. The monoisotopic (exact) mass is 287 g/mol. The number of sulfone groups is 1. The second kappa shape index (κ2) is 5.16. The summed E-state index contributed by atoms with van der Waals surface area (Å²) >= 11 is 0. The van der Waals surface area contributed by atoms with E-state index in [0.29, 0.717) is 12.8 Å². The van der Waals surface area contributed by atoms with Crippen molar-refractivity contribution in [2.24, 2.45) is 10.9 Å². The lowest BCUT2D eigenvalue weighted by Gasteiger charge is -2.27. The van der Waals surface area contributed by atoms with Crippen molar-refractivity contribution >= 4 is 15.7 Å². The Morgan fingerprint density at radius 2 is 2.32 bits per heavy atom. The summed E-state index contributed by atoms with van der Waals surface area (Å²) in [5.74, 6) is -0.0156. The molecule has 1 aromatic rings. The first-order valence-corrected chi connectivity index (χ1v) is 7.95. The van der Waals surface area contributed by atoms with Crippen LogP contribution in [-0.2, 0) is 9.84 Å². The third-order valence-electron chi connectivity index (χ3n) is 3.42. The minimum atomic E-state index is -3.03. The van der Waals surface area contributed by atoms with Crippen LogP contribution in [0.3, 0.4) is 0 Å². The quantitative estimate of drug-likeness (QED) is 0.346. The van der Waals surface area contributed by atoms with E-state index >= 15 is 0 Å². The molecule has 8 nitrogen and oxygen atoms in total. The number of oxime groups is 1. The van der Waals surface area contributed by atoms with Crippen LogP contribution in [0.2, 0.25) is 0 Å². The Morgan fingerprint density at radius 1 is 1.58 bits per heavy atom. The van der Waals surface area contributed by atoms with E-state index in [1.165, 1.54) is 12.6 Å². The first-order chi connectivity index (χ1) is 8.91. The van der Waals surface area contributed by atoms with Crippen molar-refractivity contribution in [2.75, 3.05) is 6.26 Å². The summed E-state index contributed by atoms with van der Waals surface area (Å²) in [5, 5.41) is 15.2. The van der Waals surface area contributed by atoms with Gasteiger partial charge in [0.1, 0.15) is 16.2 Å². The van der Waals surface area contributed by atoms with E-state index in [0.717, 1.165) is 12.8 Å². The highest BCUT2D eigenvalue weighted by atomic mass is 32.2. The fourth-order valence-electron chi connectivity index (χ4n) is 2.36. The normalized spacial score (nSPS) is 25.4. The molecule has 2 atom stereocenters. The number of nitrogens with two attached hydrogens (primary N) is 1. The fraction of sp³-hybridized carbons (Fsp3) is 0.700. The Bertz CT molecular complexity index is 580. The van der Waals surface area contributed by atoms with Crippen molar-refractivity contribution in [1.82, 2.24) is 14.8 Å². The molecule has 106 valence electrons. The molecule has 1 aromatic heterocycles. The van der Waals surface area contributed by atoms with Crippen LogP contribution in [0.15, 0.2) is 11.5 Å². The van der Waals surface area contributed by atoms with Crippen molar-refractivity contribution in [3.8, 4) is 0 Å². The molecule has 3 N–H and O–H groups in total. The average Bonchev–Trinajstić information content (AvgIpc) is 2.86. The summed E-state index contributed by atoms with van der Waals surface area (Å²) in [6.45, 7) is 0. The predicted octanol–water partition coefficient (Wildman–Crippen LogP) is -0.0991. The standard InChI is InChI=1S/C10H17N5O3S/c1-19(17,18)8-4-2-3-7(5-8)15-6-12-10(13-15)9(11)14-16/h6-8,16H,2-5H2,1H3,(H2,11,14). The Morgan fingerprint density at radius 3 is 2.95 bits per heavy atom. The van der Waals surface area contributed by atoms with E-state index in [2.05, 4.69) is 15.2 Å². The van der Waals surface area contributed by atoms with Crippen LogP contribution in [-0.4, -0.2) is 45.7 Å². The van der Waals surface area contributed by atoms with Crippen LogP contribution in [0.5, 0.6) is 0 Å². The van der Waals surface area contributed by atoms with Crippen LogP contribution in [0, 0.1) is 0 Å². The van der Waals surface area contributed by atoms with Crippen LogP contribution < -0.4 is 5.73 Å². The molecule has 0 radical (unpaired) electrons. The maximum absolute atomic E-state index is 11.6. The zero-order chi connectivity index (χ0) is 14.0. The smallest absolute Gasteiger partial charge is 0.219 e. The summed E-state index contributed by atoms with van der Waals surface area (Å²) in [4.78, 5) is 3.94. The topological polar surface area (TPSA) is 123 Å². The van der Waals surface area contributed by atoms with Gasteiger partial charge in [-0.15, -0.1) is 5.10 Å². The van der Waals surface area contributed by atoms with E-state index in [-0.39, 0.29) is 23.0 Å². The van der Waals surface area contributed by atoms with Gasteiger partial charge in [0.15, 0.2) is 0 Å². The molecular formula is C10H17N5O3S. The van der Waals surface area contributed by atoms with E-state index in [1.54, 1.807) is 4.68 Å². The lowest BCUT2D eigenvalue weighted by atomic mass is 9.95. The molecule has 9 heteroatoms. The minimum absolute atomic E-state index is 0.0128. The Hall–Kier alpha value is -1.64. The van der Waals surface area contributed by atoms with Gasteiger partial charge in [-0.2, -0.15) is 0 Å². The van der Waals surface area contributed by atoms with Crippen molar-refractivity contribution in [2.45, 2.75) is 37.0 Å². The van der Waals surface area contributed by atoms with Crippen molar-refractivity contribution < 1.29 is 13.6 Å². The largest absolute Gasteiger partial charge is 0.409 e. The molecule has 1 fully saturated rings. The van der Waals surface area contributed by atoms with E-state index in [9.17, 15) is 8.42 Å². The van der Waals surface area contributed by atoms with Gasteiger partial charge in [0.05, 0.1) is 11.3 Å². The van der Waals surface area contributed by atoms with Gasteiger partial charge in [-0.25, -0.2) is 18.1 Å². The molecule has 1 aliphatic carbocycles. The molecule has 0 bridgehead atoms. The Labute approximate surface area is 111 Å². The number of rotatable bonds is 3. The number of nitrogens with zero attached hydrogens (tertiary/aromatic N) is 4. The van der Waals surface area contributed by atoms with Gasteiger partial charge < -0.3 is 10.9 Å². The van der Waals surface area contributed by atoms with Crippen LogP contribution in [0.1, 0.15) is 37.5 Å². The third kappa shape index (κ3) is 3.03. The van der Waals surface area contributed by atoms with Gasteiger partial charge in [0.25, 0.3) is 0 Å². The molecule has 0 aromatic carbocycles. The SMILES string of the molecule is CS(=O)(=O)C1CCCC(n2cnc(C(N)=NO)n2)C1. The Kier molecular flexibility index (Phi) is 3.74. The van der Waals surface area contributed by atoms with E-state index in [1.807, 2.05) is 0 Å². The number of hydrogen-bond donors (Lipinski definition) is 2. The first kappa shape index (κ1) is 13.8. The van der Waals surface area contributed by atoms with Crippen LogP contribution in [0.4, 0.5) is 0 Å². The van der Waals surface area contributed by atoms with Gasteiger partial charge in [-0.05, 0) is 19.3 Å². The van der Waals surface area contributed by atoms with Crippen LogP contribution >= 0.6 is 0 Å². The Balaban J connectivity index is 2.16. The molecule has 1 saturated carbocycles. The van der Waals surface area contributed by atoms with Crippen molar-refractivity contribution in [1.29, 1.82) is 0 Å². The highest BCUT2D eigenvalue weighted by molar-refractivity contribution is 7.91. The zero-order valence-corrected chi connectivity index (χ0v) is 11.4. The molecule has 0 aliphatic heterocycles. The maximum Gasteiger partial charge on any atom is 0.219 e. The molecule has 0 amide bonds. The number of aromatic nitrogens is 3. The summed E-state index contributed by atoms with van der Waals surface area (Å²) in [6.07, 6.45) is 5.66. The predicted molar refractivity (Wildman–Crippen MR) is 68.7 cm³/mol. The van der Waals surface area contributed by atoms with Gasteiger partial charge in [0.2, 0.25) is 11.7 Å². The van der Waals surface area contributed by atoms with Gasteiger partial charge in [-0.1, -0.05) is 11.6 Å². The summed E-state index contributed by atoms with van der Waals surface area (Å²) in [7, 11) is -3.03. The van der Waals surface area contributed by atoms with E-state index in [4.69, 9.17) is 10.9 Å². The second-order valence-electron chi connectivity index (χ2n) is 4.81.